The molecule has 0 atom stereocenters. The summed E-state index contributed by atoms with van der Waals surface area (Å²) in [5.41, 5.74) is 10.2. The van der Waals surface area contributed by atoms with E-state index in [-0.39, 0.29) is 5.54 Å². The van der Waals surface area contributed by atoms with E-state index in [0.29, 0.717) is 11.6 Å². The van der Waals surface area contributed by atoms with E-state index in [2.05, 4.69) is 31.1 Å². The van der Waals surface area contributed by atoms with E-state index in [1.807, 2.05) is 42.5 Å². The van der Waals surface area contributed by atoms with Crippen LogP contribution in [0.1, 0.15) is 20.8 Å². The average molecular weight is 281 g/mol. The number of para-hydroxylation sites is 2. The Morgan fingerprint density at radius 2 is 1.86 bits per heavy atom. The molecular formula is C17H19N3O. The van der Waals surface area contributed by atoms with Gasteiger partial charge in [-0.25, -0.2) is 4.98 Å². The summed E-state index contributed by atoms with van der Waals surface area (Å²) in [6, 6.07) is 13.5. The van der Waals surface area contributed by atoms with Gasteiger partial charge in [-0.1, -0.05) is 12.1 Å². The highest BCUT2D eigenvalue weighted by Gasteiger charge is 2.13. The number of anilines is 2. The van der Waals surface area contributed by atoms with Gasteiger partial charge in [-0.2, -0.15) is 0 Å². The van der Waals surface area contributed by atoms with Gasteiger partial charge in [0.15, 0.2) is 5.58 Å². The third-order valence-corrected chi connectivity index (χ3v) is 3.10. The Kier molecular flexibility index (Phi) is 3.09. The number of hydrogen-bond donors (Lipinski definition) is 2. The summed E-state index contributed by atoms with van der Waals surface area (Å²) in [6.45, 7) is 6.30. The summed E-state index contributed by atoms with van der Waals surface area (Å²) in [7, 11) is 0. The van der Waals surface area contributed by atoms with Gasteiger partial charge in [-0.15, -0.1) is 0 Å². The van der Waals surface area contributed by atoms with Gasteiger partial charge in [-0.05, 0) is 51.1 Å². The van der Waals surface area contributed by atoms with E-state index in [1.54, 1.807) is 0 Å². The monoisotopic (exact) mass is 281 g/mol. The Balaban J connectivity index is 1.98. The van der Waals surface area contributed by atoms with Gasteiger partial charge in [-0.3, -0.25) is 0 Å². The topological polar surface area (TPSA) is 64.1 Å². The highest BCUT2D eigenvalue weighted by atomic mass is 16.3. The summed E-state index contributed by atoms with van der Waals surface area (Å²) < 4.78 is 5.76. The lowest BCUT2D eigenvalue weighted by atomic mass is 10.1. The minimum atomic E-state index is -0.0345. The van der Waals surface area contributed by atoms with Crippen LogP contribution in [0.4, 0.5) is 11.4 Å². The lowest BCUT2D eigenvalue weighted by molar-refractivity contribution is 0.620. The average Bonchev–Trinajstić information content (AvgIpc) is 2.83. The third kappa shape index (κ3) is 2.84. The smallest absolute Gasteiger partial charge is 0.227 e. The van der Waals surface area contributed by atoms with Crippen molar-refractivity contribution in [3.8, 4) is 11.5 Å². The van der Waals surface area contributed by atoms with Gasteiger partial charge in [0, 0.05) is 11.1 Å². The Morgan fingerprint density at radius 3 is 2.52 bits per heavy atom. The molecule has 3 aromatic rings. The lowest BCUT2D eigenvalue weighted by Gasteiger charge is -2.23. The van der Waals surface area contributed by atoms with Crippen LogP contribution in [0.5, 0.6) is 0 Å². The number of fused-ring (bicyclic) bond motifs is 1. The maximum absolute atomic E-state index is 6.13. The summed E-state index contributed by atoms with van der Waals surface area (Å²) in [5, 5.41) is 3.38. The number of hydrogen-bond acceptors (Lipinski definition) is 4. The summed E-state index contributed by atoms with van der Waals surface area (Å²) in [5.74, 6) is 0.588. The van der Waals surface area contributed by atoms with Crippen molar-refractivity contribution in [1.29, 1.82) is 0 Å². The first-order valence-corrected chi connectivity index (χ1v) is 6.96. The fraction of sp³-hybridized carbons (Fsp3) is 0.235. The molecule has 2 aromatic carbocycles. The standard InChI is InChI=1S/C17H19N3O/c1-17(2,3)20-13-9-8-11(10-12(13)18)16-19-14-6-4-5-7-15(14)21-16/h4-10,20H,18H2,1-3H3. The van der Waals surface area contributed by atoms with Crippen molar-refractivity contribution in [2.24, 2.45) is 0 Å². The van der Waals surface area contributed by atoms with E-state index < -0.39 is 0 Å². The number of nitrogens with two attached hydrogens (primary N) is 1. The SMILES string of the molecule is CC(C)(C)Nc1ccc(-c2nc3ccccc3o2)cc1N. The predicted molar refractivity (Wildman–Crippen MR) is 87.2 cm³/mol. The van der Waals surface area contributed by atoms with E-state index in [4.69, 9.17) is 10.2 Å². The zero-order chi connectivity index (χ0) is 15.0. The van der Waals surface area contributed by atoms with Gasteiger partial charge in [0.05, 0.1) is 11.4 Å². The fourth-order valence-corrected chi connectivity index (χ4v) is 2.21. The molecule has 21 heavy (non-hydrogen) atoms. The molecule has 0 aliphatic heterocycles. The molecular weight excluding hydrogens is 262 g/mol. The zero-order valence-electron chi connectivity index (χ0n) is 12.5. The molecule has 3 N–H and O–H groups in total. The van der Waals surface area contributed by atoms with E-state index in [1.165, 1.54) is 0 Å². The van der Waals surface area contributed by atoms with Crippen LogP contribution in [0.25, 0.3) is 22.6 Å². The van der Waals surface area contributed by atoms with Crippen LogP contribution in [0.3, 0.4) is 0 Å². The number of oxazole rings is 1. The molecule has 3 rings (SSSR count). The first-order chi connectivity index (χ1) is 9.92. The van der Waals surface area contributed by atoms with Crippen molar-refractivity contribution in [2.45, 2.75) is 26.3 Å². The quantitative estimate of drug-likeness (QED) is 0.688. The van der Waals surface area contributed by atoms with Crippen LogP contribution in [0, 0.1) is 0 Å². The maximum Gasteiger partial charge on any atom is 0.227 e. The van der Waals surface area contributed by atoms with Crippen LogP contribution in [0.15, 0.2) is 46.9 Å². The van der Waals surface area contributed by atoms with Gasteiger partial charge in [0.25, 0.3) is 0 Å². The van der Waals surface area contributed by atoms with E-state index >= 15 is 0 Å². The van der Waals surface area contributed by atoms with Crippen molar-refractivity contribution < 1.29 is 4.42 Å². The molecule has 0 fully saturated rings. The van der Waals surface area contributed by atoms with Crippen LogP contribution in [0.2, 0.25) is 0 Å². The summed E-state index contributed by atoms with van der Waals surface area (Å²) in [6.07, 6.45) is 0. The van der Waals surface area contributed by atoms with Crippen LogP contribution < -0.4 is 11.1 Å². The molecule has 1 heterocycles. The molecule has 0 spiro atoms. The third-order valence-electron chi connectivity index (χ3n) is 3.10. The molecule has 0 aliphatic carbocycles. The molecule has 1 aromatic heterocycles. The highest BCUT2D eigenvalue weighted by Crippen LogP contribution is 2.30. The van der Waals surface area contributed by atoms with Crippen molar-refractivity contribution in [1.82, 2.24) is 4.98 Å². The molecule has 0 amide bonds. The number of rotatable bonds is 2. The summed E-state index contributed by atoms with van der Waals surface area (Å²) >= 11 is 0. The van der Waals surface area contributed by atoms with Crippen LogP contribution in [-0.2, 0) is 0 Å². The second-order valence-corrected chi connectivity index (χ2v) is 6.16. The highest BCUT2D eigenvalue weighted by molar-refractivity contribution is 5.78. The largest absolute Gasteiger partial charge is 0.436 e. The Morgan fingerprint density at radius 1 is 1.10 bits per heavy atom. The molecule has 0 bridgehead atoms. The number of nitrogens with zero attached hydrogens (tertiary/aromatic N) is 1. The first-order valence-electron chi connectivity index (χ1n) is 6.96. The predicted octanol–water partition coefficient (Wildman–Crippen LogP) is 4.29. The maximum atomic E-state index is 6.13. The van der Waals surface area contributed by atoms with Crippen molar-refractivity contribution in [3.63, 3.8) is 0 Å². The first kappa shape index (κ1) is 13.5. The Bertz CT molecular complexity index is 751. The zero-order valence-corrected chi connectivity index (χ0v) is 12.5. The lowest BCUT2D eigenvalue weighted by Crippen LogP contribution is -2.26. The van der Waals surface area contributed by atoms with Gasteiger partial charge < -0.3 is 15.5 Å². The Labute approximate surface area is 124 Å². The summed E-state index contributed by atoms with van der Waals surface area (Å²) in [4.78, 5) is 4.49. The molecule has 108 valence electrons. The number of nitrogen functional groups attached to an aromatic ring is 1. The van der Waals surface area contributed by atoms with Gasteiger partial charge in [0.2, 0.25) is 5.89 Å². The van der Waals surface area contributed by atoms with Crippen molar-refractivity contribution in [3.05, 3.63) is 42.5 Å². The molecule has 4 heteroatoms. The molecule has 4 nitrogen and oxygen atoms in total. The van der Waals surface area contributed by atoms with Gasteiger partial charge in [0.1, 0.15) is 5.52 Å². The minimum Gasteiger partial charge on any atom is -0.436 e. The van der Waals surface area contributed by atoms with E-state index in [9.17, 15) is 0 Å². The van der Waals surface area contributed by atoms with Crippen LogP contribution in [-0.4, -0.2) is 10.5 Å². The molecule has 0 unspecified atom stereocenters. The Hall–Kier alpha value is -2.49. The fourth-order valence-electron chi connectivity index (χ4n) is 2.21. The van der Waals surface area contributed by atoms with Crippen LogP contribution >= 0.6 is 0 Å². The second-order valence-electron chi connectivity index (χ2n) is 6.16. The molecule has 0 saturated carbocycles. The number of nitrogens with one attached hydrogen (secondary N) is 1. The molecule has 0 saturated heterocycles. The normalized spacial score (nSPS) is 11.8. The number of aromatic nitrogens is 1. The number of benzene rings is 2. The minimum absolute atomic E-state index is 0.0345. The molecule has 0 aliphatic rings. The van der Waals surface area contributed by atoms with Gasteiger partial charge >= 0.3 is 0 Å². The van der Waals surface area contributed by atoms with Crippen molar-refractivity contribution in [2.75, 3.05) is 11.1 Å². The van der Waals surface area contributed by atoms with E-state index in [0.717, 1.165) is 22.4 Å². The van der Waals surface area contributed by atoms with Crippen molar-refractivity contribution >= 4 is 22.5 Å². The second kappa shape index (κ2) is 4.81. The molecule has 0 radical (unpaired) electrons.